The van der Waals surface area contributed by atoms with Gasteiger partial charge in [0.25, 0.3) is 0 Å². The summed E-state index contributed by atoms with van der Waals surface area (Å²) in [4.78, 5) is 0. The molecule has 0 spiro atoms. The van der Waals surface area contributed by atoms with Crippen LogP contribution in [0, 0.1) is 0 Å². The van der Waals surface area contributed by atoms with Crippen molar-refractivity contribution in [2.45, 2.75) is 38.2 Å². The van der Waals surface area contributed by atoms with Crippen molar-refractivity contribution in [3.05, 3.63) is 27.8 Å². The predicted molar refractivity (Wildman–Crippen MR) is 78.1 cm³/mol. The Morgan fingerprint density at radius 1 is 1.37 bits per heavy atom. The van der Waals surface area contributed by atoms with Gasteiger partial charge < -0.3 is 15.2 Å². The monoisotopic (exact) mass is 283 g/mol. The molecule has 2 rings (SSSR count). The van der Waals surface area contributed by atoms with Crippen molar-refractivity contribution in [3.8, 4) is 5.75 Å². The summed E-state index contributed by atoms with van der Waals surface area (Å²) in [6.45, 7) is 0.492. The van der Waals surface area contributed by atoms with Gasteiger partial charge in [-0.3, -0.25) is 0 Å². The fourth-order valence-corrected chi connectivity index (χ4v) is 3.19. The van der Waals surface area contributed by atoms with E-state index < -0.39 is 6.10 Å². The second-order valence-corrected chi connectivity index (χ2v) is 5.46. The molecular weight excluding hydrogens is 262 g/mol. The van der Waals surface area contributed by atoms with Crippen molar-refractivity contribution in [1.82, 2.24) is 5.32 Å². The number of fused-ring (bicyclic) bond motifs is 1. The number of benzene rings is 1. The van der Waals surface area contributed by atoms with Crippen LogP contribution in [0.1, 0.15) is 42.1 Å². The molecule has 0 amide bonds. The lowest BCUT2D eigenvalue weighted by Crippen LogP contribution is -2.18. The van der Waals surface area contributed by atoms with Crippen LogP contribution in [0.2, 0.25) is 5.02 Å². The maximum atomic E-state index is 10.2. The zero-order chi connectivity index (χ0) is 13.8. The van der Waals surface area contributed by atoms with E-state index >= 15 is 0 Å². The molecule has 1 unspecified atom stereocenters. The van der Waals surface area contributed by atoms with Gasteiger partial charge in [-0.2, -0.15) is 0 Å². The Kier molecular flexibility index (Phi) is 5.08. The minimum absolute atomic E-state index is 0.492. The van der Waals surface area contributed by atoms with Gasteiger partial charge in [0, 0.05) is 12.1 Å². The molecule has 1 atom stereocenters. The molecule has 1 aliphatic carbocycles. The maximum Gasteiger partial charge on any atom is 0.143 e. The van der Waals surface area contributed by atoms with Crippen molar-refractivity contribution in [2.75, 3.05) is 20.7 Å². The highest BCUT2D eigenvalue weighted by Crippen LogP contribution is 2.39. The Labute approximate surface area is 119 Å². The number of hydrogen-bond donors (Lipinski definition) is 2. The molecule has 106 valence electrons. The summed E-state index contributed by atoms with van der Waals surface area (Å²) in [7, 11) is 3.43. The molecule has 19 heavy (non-hydrogen) atoms. The van der Waals surface area contributed by atoms with Gasteiger partial charge >= 0.3 is 0 Å². The Morgan fingerprint density at radius 3 is 2.79 bits per heavy atom. The molecule has 0 fully saturated rings. The van der Waals surface area contributed by atoms with Crippen molar-refractivity contribution >= 4 is 11.6 Å². The van der Waals surface area contributed by atoms with Gasteiger partial charge in [0.2, 0.25) is 0 Å². The van der Waals surface area contributed by atoms with Gasteiger partial charge in [-0.15, -0.1) is 0 Å². The van der Waals surface area contributed by atoms with E-state index in [2.05, 4.69) is 11.4 Å². The first kappa shape index (κ1) is 14.6. The molecule has 0 saturated carbocycles. The SMILES string of the molecule is CNCC(O)c1cc2c(c(Cl)c1OC)CCCCC2. The lowest BCUT2D eigenvalue weighted by molar-refractivity contribution is 0.173. The smallest absolute Gasteiger partial charge is 0.143 e. The number of aliphatic hydroxyl groups excluding tert-OH is 1. The topological polar surface area (TPSA) is 41.5 Å². The number of nitrogens with one attached hydrogen (secondary N) is 1. The van der Waals surface area contributed by atoms with Crippen LogP contribution in [-0.4, -0.2) is 25.8 Å². The zero-order valence-electron chi connectivity index (χ0n) is 11.6. The second kappa shape index (κ2) is 6.60. The Bertz CT molecular complexity index is 448. The van der Waals surface area contributed by atoms with E-state index in [1.165, 1.54) is 30.4 Å². The molecular formula is C15H22ClNO2. The molecule has 0 aliphatic heterocycles. The summed E-state index contributed by atoms with van der Waals surface area (Å²) in [6.07, 6.45) is 5.06. The predicted octanol–water partition coefficient (Wildman–Crippen LogP) is 2.87. The van der Waals surface area contributed by atoms with Gasteiger partial charge in [-0.25, -0.2) is 0 Å². The van der Waals surface area contributed by atoms with Gasteiger partial charge in [-0.05, 0) is 49.9 Å². The lowest BCUT2D eigenvalue weighted by Gasteiger charge is -2.20. The van der Waals surface area contributed by atoms with Crippen LogP contribution in [-0.2, 0) is 12.8 Å². The Hall–Kier alpha value is -0.770. The first-order chi connectivity index (χ1) is 9.19. The average Bonchev–Trinajstić information content (AvgIpc) is 2.64. The summed E-state index contributed by atoms with van der Waals surface area (Å²) in [6, 6.07) is 2.08. The van der Waals surface area contributed by atoms with Crippen LogP contribution in [0.3, 0.4) is 0 Å². The standard InChI is InChI=1S/C15H22ClNO2/c1-17-9-13(18)12-8-10-6-4-3-5-7-11(10)14(16)15(12)19-2/h8,13,17-18H,3-7,9H2,1-2H3. The van der Waals surface area contributed by atoms with Crippen molar-refractivity contribution in [1.29, 1.82) is 0 Å². The number of halogens is 1. The molecule has 3 nitrogen and oxygen atoms in total. The molecule has 1 aliphatic rings. The number of aryl methyl sites for hydroxylation is 1. The van der Waals surface area contributed by atoms with Crippen LogP contribution < -0.4 is 10.1 Å². The number of likely N-dealkylation sites (N-methyl/N-ethyl adjacent to an activating group) is 1. The number of aliphatic hydroxyl groups is 1. The molecule has 0 saturated heterocycles. The van der Waals surface area contributed by atoms with Crippen LogP contribution in [0.5, 0.6) is 5.75 Å². The minimum Gasteiger partial charge on any atom is -0.495 e. The Morgan fingerprint density at radius 2 is 2.11 bits per heavy atom. The summed E-state index contributed by atoms with van der Waals surface area (Å²) in [5.41, 5.74) is 3.27. The highest BCUT2D eigenvalue weighted by molar-refractivity contribution is 6.33. The molecule has 4 heteroatoms. The molecule has 0 heterocycles. The Balaban J connectivity index is 2.48. The third kappa shape index (κ3) is 3.04. The van der Waals surface area contributed by atoms with Crippen LogP contribution in [0.4, 0.5) is 0 Å². The molecule has 1 aromatic rings. The summed E-state index contributed by atoms with van der Waals surface area (Å²) in [5.74, 6) is 0.630. The molecule has 0 radical (unpaired) electrons. The van der Waals surface area contributed by atoms with Gasteiger partial charge in [0.15, 0.2) is 0 Å². The van der Waals surface area contributed by atoms with E-state index in [4.69, 9.17) is 16.3 Å². The third-order valence-electron chi connectivity index (χ3n) is 3.78. The van der Waals surface area contributed by atoms with Crippen molar-refractivity contribution < 1.29 is 9.84 Å². The first-order valence-electron chi connectivity index (χ1n) is 6.89. The number of hydrogen-bond acceptors (Lipinski definition) is 3. The zero-order valence-corrected chi connectivity index (χ0v) is 12.4. The summed E-state index contributed by atoms with van der Waals surface area (Å²) >= 11 is 6.49. The van der Waals surface area contributed by atoms with Gasteiger partial charge in [-0.1, -0.05) is 18.0 Å². The van der Waals surface area contributed by atoms with Crippen molar-refractivity contribution in [3.63, 3.8) is 0 Å². The maximum absolute atomic E-state index is 10.2. The quantitative estimate of drug-likeness (QED) is 0.835. The van der Waals surface area contributed by atoms with E-state index in [-0.39, 0.29) is 0 Å². The minimum atomic E-state index is -0.592. The van der Waals surface area contributed by atoms with Crippen LogP contribution in [0.15, 0.2) is 6.07 Å². The lowest BCUT2D eigenvalue weighted by atomic mass is 9.96. The highest BCUT2D eigenvalue weighted by Gasteiger charge is 2.22. The number of ether oxygens (including phenoxy) is 1. The van der Waals surface area contributed by atoms with Gasteiger partial charge in [0.05, 0.1) is 18.2 Å². The third-order valence-corrected chi connectivity index (χ3v) is 4.18. The summed E-state index contributed by atoms with van der Waals surface area (Å²) in [5, 5.41) is 13.9. The second-order valence-electron chi connectivity index (χ2n) is 5.08. The highest BCUT2D eigenvalue weighted by atomic mass is 35.5. The fourth-order valence-electron chi connectivity index (χ4n) is 2.79. The fraction of sp³-hybridized carbons (Fsp3) is 0.600. The average molecular weight is 284 g/mol. The van der Waals surface area contributed by atoms with E-state index in [9.17, 15) is 5.11 Å². The van der Waals surface area contributed by atoms with E-state index in [0.717, 1.165) is 18.4 Å². The largest absolute Gasteiger partial charge is 0.495 e. The van der Waals surface area contributed by atoms with E-state index in [1.807, 2.05) is 7.05 Å². The molecule has 0 bridgehead atoms. The van der Waals surface area contributed by atoms with E-state index in [1.54, 1.807) is 7.11 Å². The normalized spacial score (nSPS) is 16.6. The number of rotatable bonds is 4. The number of methoxy groups -OCH3 is 1. The van der Waals surface area contributed by atoms with Crippen LogP contribution >= 0.6 is 11.6 Å². The first-order valence-corrected chi connectivity index (χ1v) is 7.27. The molecule has 0 aromatic heterocycles. The molecule has 1 aromatic carbocycles. The molecule has 2 N–H and O–H groups in total. The summed E-state index contributed by atoms with van der Waals surface area (Å²) < 4.78 is 5.43. The van der Waals surface area contributed by atoms with E-state index in [0.29, 0.717) is 17.3 Å². The van der Waals surface area contributed by atoms with Gasteiger partial charge in [0.1, 0.15) is 5.75 Å². The van der Waals surface area contributed by atoms with Crippen molar-refractivity contribution in [2.24, 2.45) is 0 Å². The van der Waals surface area contributed by atoms with Crippen LogP contribution in [0.25, 0.3) is 0 Å².